The molecule has 0 atom stereocenters. The number of carbonyl (C=O) groups excluding carboxylic acids is 1. The SMILES string of the molecule is O=C(Nc1nc(-c2ccc(Oc3ccccc3)cc2)cs1)C1CC1. The number of amides is 1. The van der Waals surface area contributed by atoms with Gasteiger partial charge in [-0.3, -0.25) is 4.79 Å². The molecule has 1 aromatic heterocycles. The second-order valence-corrected chi connectivity index (χ2v) is 6.60. The second kappa shape index (κ2) is 6.45. The molecule has 1 heterocycles. The van der Waals surface area contributed by atoms with Crippen molar-refractivity contribution in [2.24, 2.45) is 5.92 Å². The molecule has 0 spiro atoms. The maximum absolute atomic E-state index is 11.8. The molecular weight excluding hydrogens is 320 g/mol. The molecule has 24 heavy (non-hydrogen) atoms. The van der Waals surface area contributed by atoms with E-state index in [2.05, 4.69) is 10.3 Å². The first-order valence-corrected chi connectivity index (χ1v) is 8.75. The lowest BCUT2D eigenvalue weighted by Crippen LogP contribution is -2.12. The van der Waals surface area contributed by atoms with E-state index in [4.69, 9.17) is 4.74 Å². The summed E-state index contributed by atoms with van der Waals surface area (Å²) in [4.78, 5) is 16.3. The summed E-state index contributed by atoms with van der Waals surface area (Å²) in [6.45, 7) is 0. The van der Waals surface area contributed by atoms with E-state index in [1.54, 1.807) is 0 Å². The van der Waals surface area contributed by atoms with Crippen molar-refractivity contribution in [1.29, 1.82) is 0 Å². The molecular formula is C19H16N2O2S. The molecule has 1 aliphatic carbocycles. The molecule has 3 aromatic rings. The van der Waals surface area contributed by atoms with Gasteiger partial charge in [0, 0.05) is 16.9 Å². The summed E-state index contributed by atoms with van der Waals surface area (Å²) in [7, 11) is 0. The van der Waals surface area contributed by atoms with Crippen LogP contribution in [0.25, 0.3) is 11.3 Å². The molecule has 0 saturated heterocycles. The third kappa shape index (κ3) is 3.46. The van der Waals surface area contributed by atoms with Crippen LogP contribution < -0.4 is 10.1 Å². The maximum atomic E-state index is 11.8. The number of aromatic nitrogens is 1. The second-order valence-electron chi connectivity index (χ2n) is 5.74. The summed E-state index contributed by atoms with van der Waals surface area (Å²) in [5, 5.41) is 5.49. The van der Waals surface area contributed by atoms with Crippen molar-refractivity contribution in [3.05, 3.63) is 60.0 Å². The monoisotopic (exact) mass is 336 g/mol. The average Bonchev–Trinajstić information content (AvgIpc) is 3.37. The maximum Gasteiger partial charge on any atom is 0.229 e. The van der Waals surface area contributed by atoms with Crippen molar-refractivity contribution in [3.63, 3.8) is 0 Å². The van der Waals surface area contributed by atoms with Crippen LogP contribution in [0.2, 0.25) is 0 Å². The summed E-state index contributed by atoms with van der Waals surface area (Å²) in [6.07, 6.45) is 1.99. The van der Waals surface area contributed by atoms with Gasteiger partial charge in [0.2, 0.25) is 5.91 Å². The first-order chi connectivity index (χ1) is 11.8. The number of rotatable bonds is 5. The van der Waals surface area contributed by atoms with Crippen LogP contribution in [0.3, 0.4) is 0 Å². The highest BCUT2D eigenvalue weighted by Crippen LogP contribution is 2.32. The van der Waals surface area contributed by atoms with Crippen molar-refractivity contribution in [2.75, 3.05) is 5.32 Å². The minimum Gasteiger partial charge on any atom is -0.457 e. The summed E-state index contributed by atoms with van der Waals surface area (Å²) in [5.74, 6) is 1.86. The first kappa shape index (κ1) is 14.9. The molecule has 1 amide bonds. The van der Waals surface area contributed by atoms with Crippen LogP contribution in [0.1, 0.15) is 12.8 Å². The Morgan fingerprint density at radius 3 is 2.46 bits per heavy atom. The molecule has 4 nitrogen and oxygen atoms in total. The normalized spacial score (nSPS) is 13.5. The van der Waals surface area contributed by atoms with Crippen molar-refractivity contribution in [3.8, 4) is 22.8 Å². The Morgan fingerprint density at radius 1 is 1.04 bits per heavy atom. The molecule has 1 aliphatic rings. The van der Waals surface area contributed by atoms with E-state index in [1.807, 2.05) is 60.0 Å². The van der Waals surface area contributed by atoms with Gasteiger partial charge in [0.05, 0.1) is 5.69 Å². The highest BCUT2D eigenvalue weighted by atomic mass is 32.1. The lowest BCUT2D eigenvalue weighted by Gasteiger charge is -2.05. The van der Waals surface area contributed by atoms with Gasteiger partial charge in [-0.2, -0.15) is 0 Å². The third-order valence-corrected chi connectivity index (χ3v) is 4.57. The van der Waals surface area contributed by atoms with Gasteiger partial charge < -0.3 is 10.1 Å². The fourth-order valence-electron chi connectivity index (χ4n) is 2.34. The zero-order valence-corrected chi connectivity index (χ0v) is 13.8. The fourth-order valence-corrected chi connectivity index (χ4v) is 3.06. The van der Waals surface area contributed by atoms with E-state index < -0.39 is 0 Å². The quantitative estimate of drug-likeness (QED) is 0.717. The Morgan fingerprint density at radius 2 is 1.75 bits per heavy atom. The predicted molar refractivity (Wildman–Crippen MR) is 95.4 cm³/mol. The number of nitrogens with zero attached hydrogens (tertiary/aromatic N) is 1. The van der Waals surface area contributed by atoms with Crippen molar-refractivity contribution >= 4 is 22.4 Å². The van der Waals surface area contributed by atoms with Crippen LogP contribution >= 0.6 is 11.3 Å². The smallest absolute Gasteiger partial charge is 0.229 e. The van der Waals surface area contributed by atoms with Gasteiger partial charge in [0.25, 0.3) is 0 Å². The molecule has 0 unspecified atom stereocenters. The van der Waals surface area contributed by atoms with E-state index in [0.29, 0.717) is 5.13 Å². The van der Waals surface area contributed by atoms with Gasteiger partial charge in [-0.15, -0.1) is 11.3 Å². The molecule has 4 rings (SSSR count). The molecule has 1 N–H and O–H groups in total. The van der Waals surface area contributed by atoms with Gasteiger partial charge in [-0.05, 0) is 49.2 Å². The molecule has 2 aromatic carbocycles. The number of carbonyl (C=O) groups is 1. The largest absolute Gasteiger partial charge is 0.457 e. The summed E-state index contributed by atoms with van der Waals surface area (Å²) < 4.78 is 5.79. The Hall–Kier alpha value is -2.66. The number of hydrogen-bond acceptors (Lipinski definition) is 4. The summed E-state index contributed by atoms with van der Waals surface area (Å²) in [6, 6.07) is 17.5. The number of hydrogen-bond donors (Lipinski definition) is 1. The fraction of sp³-hybridized carbons (Fsp3) is 0.158. The molecule has 1 fully saturated rings. The minimum absolute atomic E-state index is 0.0857. The topological polar surface area (TPSA) is 51.2 Å². The number of ether oxygens (including phenoxy) is 1. The summed E-state index contributed by atoms with van der Waals surface area (Å²) in [5.41, 5.74) is 1.86. The zero-order chi connectivity index (χ0) is 16.4. The Kier molecular flexibility index (Phi) is 4.01. The molecule has 1 saturated carbocycles. The van der Waals surface area contributed by atoms with Gasteiger partial charge in [0.15, 0.2) is 5.13 Å². The van der Waals surface area contributed by atoms with Gasteiger partial charge in [-0.25, -0.2) is 4.98 Å². The van der Waals surface area contributed by atoms with E-state index in [-0.39, 0.29) is 11.8 Å². The first-order valence-electron chi connectivity index (χ1n) is 7.88. The van der Waals surface area contributed by atoms with Gasteiger partial charge >= 0.3 is 0 Å². The third-order valence-electron chi connectivity index (χ3n) is 3.81. The number of anilines is 1. The van der Waals surface area contributed by atoms with Crippen LogP contribution in [0.5, 0.6) is 11.5 Å². The summed E-state index contributed by atoms with van der Waals surface area (Å²) >= 11 is 1.45. The van der Waals surface area contributed by atoms with Crippen molar-refractivity contribution in [1.82, 2.24) is 4.98 Å². The van der Waals surface area contributed by atoms with Gasteiger partial charge in [-0.1, -0.05) is 18.2 Å². The molecule has 5 heteroatoms. The van der Waals surface area contributed by atoms with E-state index >= 15 is 0 Å². The lowest BCUT2D eigenvalue weighted by molar-refractivity contribution is -0.117. The number of thiazole rings is 1. The average molecular weight is 336 g/mol. The van der Waals surface area contributed by atoms with Crippen LogP contribution in [0.15, 0.2) is 60.0 Å². The molecule has 0 radical (unpaired) electrons. The van der Waals surface area contributed by atoms with Crippen LogP contribution in [-0.4, -0.2) is 10.9 Å². The number of nitrogens with one attached hydrogen (secondary N) is 1. The van der Waals surface area contributed by atoms with Crippen molar-refractivity contribution in [2.45, 2.75) is 12.8 Å². The Bertz CT molecular complexity index is 839. The van der Waals surface area contributed by atoms with E-state index in [1.165, 1.54) is 11.3 Å². The molecule has 0 aliphatic heterocycles. The minimum atomic E-state index is 0.0857. The number of benzene rings is 2. The van der Waals surface area contributed by atoms with Crippen LogP contribution in [0.4, 0.5) is 5.13 Å². The Balaban J connectivity index is 1.44. The number of para-hydroxylation sites is 1. The highest BCUT2D eigenvalue weighted by molar-refractivity contribution is 7.14. The predicted octanol–water partition coefficient (Wildman–Crippen LogP) is 4.95. The van der Waals surface area contributed by atoms with Crippen LogP contribution in [0, 0.1) is 5.92 Å². The van der Waals surface area contributed by atoms with Crippen molar-refractivity contribution < 1.29 is 9.53 Å². The van der Waals surface area contributed by atoms with Crippen LogP contribution in [-0.2, 0) is 4.79 Å². The standard InChI is InChI=1S/C19H16N2O2S/c22-18(14-6-7-14)21-19-20-17(12-24-19)13-8-10-16(11-9-13)23-15-4-2-1-3-5-15/h1-5,8-12,14H,6-7H2,(H,20,21,22). The zero-order valence-electron chi connectivity index (χ0n) is 12.9. The molecule has 120 valence electrons. The highest BCUT2D eigenvalue weighted by Gasteiger charge is 2.30. The van der Waals surface area contributed by atoms with Gasteiger partial charge in [0.1, 0.15) is 11.5 Å². The lowest BCUT2D eigenvalue weighted by atomic mass is 10.2. The molecule has 0 bridgehead atoms. The van der Waals surface area contributed by atoms with E-state index in [9.17, 15) is 4.79 Å². The van der Waals surface area contributed by atoms with E-state index in [0.717, 1.165) is 35.6 Å². The Labute approximate surface area is 144 Å².